The fourth-order valence-electron chi connectivity index (χ4n) is 0.319. The zero-order chi connectivity index (χ0) is 6.41. The summed E-state index contributed by atoms with van der Waals surface area (Å²) >= 11 is 1.84. The summed E-state index contributed by atoms with van der Waals surface area (Å²) in [6.45, 7) is 7.98. The highest BCUT2D eigenvalue weighted by Gasteiger charge is 1.84. The molecule has 0 nitrogen and oxygen atoms in total. The second kappa shape index (κ2) is 5.23. The van der Waals surface area contributed by atoms with Gasteiger partial charge in [0.25, 0.3) is 0 Å². The summed E-state index contributed by atoms with van der Waals surface area (Å²) in [5.74, 6) is 3.28. The van der Waals surface area contributed by atoms with E-state index in [1.165, 1.54) is 5.57 Å². The van der Waals surface area contributed by atoms with Crippen molar-refractivity contribution in [3.63, 3.8) is 0 Å². The van der Waals surface area contributed by atoms with E-state index in [4.69, 9.17) is 0 Å². The van der Waals surface area contributed by atoms with E-state index in [1.54, 1.807) is 0 Å². The first-order chi connectivity index (χ1) is 3.77. The summed E-state index contributed by atoms with van der Waals surface area (Å²) in [5.41, 5.74) is 1.25. The van der Waals surface area contributed by atoms with Crippen LogP contribution in [0.4, 0.5) is 0 Å². The molecule has 0 rings (SSSR count). The minimum Gasteiger partial charge on any atom is -0.153 e. The van der Waals surface area contributed by atoms with Crippen molar-refractivity contribution >= 4 is 11.8 Å². The Morgan fingerprint density at radius 1 is 1.75 bits per heavy atom. The van der Waals surface area contributed by atoms with E-state index in [2.05, 4.69) is 26.2 Å². The van der Waals surface area contributed by atoms with Crippen LogP contribution in [0.15, 0.2) is 12.2 Å². The van der Waals surface area contributed by atoms with Crippen LogP contribution < -0.4 is 0 Å². The van der Waals surface area contributed by atoms with Gasteiger partial charge in [0.1, 0.15) is 0 Å². The van der Waals surface area contributed by atoms with Crippen LogP contribution in [-0.4, -0.2) is 5.75 Å². The van der Waals surface area contributed by atoms with Crippen LogP contribution in [0.2, 0.25) is 0 Å². The molecule has 47 valence electrons. The van der Waals surface area contributed by atoms with Crippen LogP contribution in [-0.2, 0) is 0 Å². The van der Waals surface area contributed by atoms with E-state index in [9.17, 15) is 0 Å². The molecular weight excluding hydrogens is 116 g/mol. The molecule has 0 atom stereocenters. The van der Waals surface area contributed by atoms with Gasteiger partial charge in [-0.05, 0) is 13.3 Å². The topological polar surface area (TPSA) is 0 Å². The molecule has 8 heavy (non-hydrogen) atoms. The van der Waals surface area contributed by atoms with Crippen molar-refractivity contribution in [3.8, 4) is 0 Å². The van der Waals surface area contributed by atoms with E-state index in [1.807, 2.05) is 11.8 Å². The maximum absolute atomic E-state index is 3.79. The number of thioether (sulfide) groups is 1. The molecule has 1 radical (unpaired) electrons. The van der Waals surface area contributed by atoms with Crippen molar-refractivity contribution in [1.29, 1.82) is 0 Å². The maximum Gasteiger partial charge on any atom is 0.0167 e. The largest absolute Gasteiger partial charge is 0.153 e. The van der Waals surface area contributed by atoms with Crippen molar-refractivity contribution in [3.05, 3.63) is 17.9 Å². The molecule has 0 bridgehead atoms. The predicted molar refractivity (Wildman–Crippen MR) is 41.9 cm³/mol. The highest BCUT2D eigenvalue weighted by molar-refractivity contribution is 8.01. The summed E-state index contributed by atoms with van der Waals surface area (Å²) in [6, 6.07) is 0. The SMILES string of the molecule is C=C(C)CS[CH]CC. The first kappa shape index (κ1) is 8.09. The van der Waals surface area contributed by atoms with E-state index in [0.717, 1.165) is 12.2 Å². The molecule has 0 aliphatic rings. The van der Waals surface area contributed by atoms with Crippen molar-refractivity contribution in [1.82, 2.24) is 0 Å². The summed E-state index contributed by atoms with van der Waals surface area (Å²) < 4.78 is 0. The van der Waals surface area contributed by atoms with Crippen LogP contribution in [0, 0.1) is 5.75 Å². The fraction of sp³-hybridized carbons (Fsp3) is 0.571. The average molecular weight is 129 g/mol. The fourth-order valence-corrected chi connectivity index (χ4v) is 0.957. The van der Waals surface area contributed by atoms with Gasteiger partial charge in [0.05, 0.1) is 0 Å². The quantitative estimate of drug-likeness (QED) is 0.415. The molecule has 0 amide bonds. The Bertz CT molecular complexity index is 66.8. The molecule has 0 saturated carbocycles. The number of hydrogen-bond donors (Lipinski definition) is 0. The average Bonchev–Trinajstić information content (AvgIpc) is 1.66. The van der Waals surface area contributed by atoms with Crippen LogP contribution in [0.25, 0.3) is 0 Å². The zero-order valence-corrected chi connectivity index (χ0v) is 6.42. The number of hydrogen-bond acceptors (Lipinski definition) is 1. The molecule has 0 spiro atoms. The maximum atomic E-state index is 3.79. The Hall–Kier alpha value is 0.0900. The van der Waals surface area contributed by atoms with Crippen molar-refractivity contribution in [2.45, 2.75) is 20.3 Å². The van der Waals surface area contributed by atoms with E-state index < -0.39 is 0 Å². The first-order valence-electron chi connectivity index (χ1n) is 2.85. The molecule has 0 aromatic rings. The zero-order valence-electron chi connectivity index (χ0n) is 5.61. The second-order valence-corrected chi connectivity index (χ2v) is 2.80. The number of rotatable bonds is 4. The van der Waals surface area contributed by atoms with Crippen LogP contribution >= 0.6 is 11.8 Å². The van der Waals surface area contributed by atoms with Gasteiger partial charge in [-0.2, -0.15) is 11.8 Å². The van der Waals surface area contributed by atoms with Gasteiger partial charge in [-0.1, -0.05) is 19.1 Å². The highest BCUT2D eigenvalue weighted by atomic mass is 32.2. The lowest BCUT2D eigenvalue weighted by Gasteiger charge is -1.94. The van der Waals surface area contributed by atoms with E-state index in [-0.39, 0.29) is 0 Å². The molecule has 0 fully saturated rings. The lowest BCUT2D eigenvalue weighted by Crippen LogP contribution is -1.76. The van der Waals surface area contributed by atoms with Gasteiger partial charge in [0.15, 0.2) is 0 Å². The Kier molecular flexibility index (Phi) is 5.29. The molecule has 0 N–H and O–H groups in total. The predicted octanol–water partition coefficient (Wildman–Crippen LogP) is 2.87. The van der Waals surface area contributed by atoms with Crippen molar-refractivity contribution in [2.75, 3.05) is 5.75 Å². The molecule has 0 aromatic carbocycles. The summed E-state index contributed by atoms with van der Waals surface area (Å²) in [4.78, 5) is 0. The smallest absolute Gasteiger partial charge is 0.0167 e. The molecule has 0 heterocycles. The second-order valence-electron chi connectivity index (χ2n) is 1.84. The lowest BCUT2D eigenvalue weighted by molar-refractivity contribution is 1.20. The van der Waals surface area contributed by atoms with Crippen LogP contribution in [0.3, 0.4) is 0 Å². The van der Waals surface area contributed by atoms with Gasteiger partial charge in [-0.3, -0.25) is 0 Å². The van der Waals surface area contributed by atoms with E-state index in [0.29, 0.717) is 0 Å². The third-order valence-electron chi connectivity index (χ3n) is 0.614. The summed E-state index contributed by atoms with van der Waals surface area (Å²) in [7, 11) is 0. The Morgan fingerprint density at radius 3 is 2.75 bits per heavy atom. The Morgan fingerprint density at radius 2 is 2.38 bits per heavy atom. The van der Waals surface area contributed by atoms with Crippen LogP contribution in [0.5, 0.6) is 0 Å². The van der Waals surface area contributed by atoms with Gasteiger partial charge in [0.2, 0.25) is 0 Å². The molecule has 0 saturated heterocycles. The normalized spacial score (nSPS) is 9.25. The molecule has 1 heteroatoms. The Labute approximate surface area is 56.4 Å². The van der Waals surface area contributed by atoms with Gasteiger partial charge in [-0.25, -0.2) is 0 Å². The van der Waals surface area contributed by atoms with Gasteiger partial charge in [0, 0.05) is 11.5 Å². The van der Waals surface area contributed by atoms with Crippen molar-refractivity contribution < 1.29 is 0 Å². The van der Waals surface area contributed by atoms with Crippen LogP contribution in [0.1, 0.15) is 20.3 Å². The molecule has 0 unspecified atom stereocenters. The minimum absolute atomic E-state index is 1.08. The van der Waals surface area contributed by atoms with Crippen molar-refractivity contribution in [2.24, 2.45) is 0 Å². The van der Waals surface area contributed by atoms with Gasteiger partial charge in [-0.15, -0.1) is 0 Å². The van der Waals surface area contributed by atoms with E-state index >= 15 is 0 Å². The lowest BCUT2D eigenvalue weighted by atomic mass is 10.4. The standard InChI is InChI=1S/C7H13S/c1-4-5-8-6-7(2)3/h5H,2,4,6H2,1,3H3. The molecule has 0 aliphatic carbocycles. The minimum atomic E-state index is 1.08. The first-order valence-corrected chi connectivity index (χ1v) is 3.90. The molecular formula is C7H13S. The third-order valence-corrected chi connectivity index (χ3v) is 1.84. The summed E-state index contributed by atoms with van der Waals surface area (Å²) in [5, 5.41) is 0. The monoisotopic (exact) mass is 129 g/mol. The summed E-state index contributed by atoms with van der Waals surface area (Å²) in [6.07, 6.45) is 1.15. The Balaban J connectivity index is 2.82. The molecule has 0 aliphatic heterocycles. The highest BCUT2D eigenvalue weighted by Crippen LogP contribution is 2.10. The third kappa shape index (κ3) is 6.09. The van der Waals surface area contributed by atoms with Gasteiger partial charge < -0.3 is 0 Å². The molecule has 0 aromatic heterocycles. The van der Waals surface area contributed by atoms with Gasteiger partial charge >= 0.3 is 0 Å².